The molecule has 0 saturated carbocycles. The molecule has 0 aliphatic heterocycles. The normalized spacial score (nSPS) is 14.7. The first-order valence-corrected chi connectivity index (χ1v) is 7.40. The summed E-state index contributed by atoms with van der Waals surface area (Å²) >= 11 is 0. The van der Waals surface area contributed by atoms with Crippen molar-refractivity contribution in [2.24, 2.45) is 5.92 Å². The van der Waals surface area contributed by atoms with Gasteiger partial charge in [-0.1, -0.05) is 33.6 Å². The van der Waals surface area contributed by atoms with E-state index in [0.29, 0.717) is 6.04 Å². The number of nitrogens with one attached hydrogen (secondary N) is 1. The number of rotatable bonds is 8. The molecule has 0 fully saturated rings. The first kappa shape index (κ1) is 15.2. The molecule has 1 rings (SSSR count). The van der Waals surface area contributed by atoms with E-state index in [2.05, 4.69) is 55.9 Å². The van der Waals surface area contributed by atoms with Gasteiger partial charge in [0.25, 0.3) is 0 Å². The van der Waals surface area contributed by atoms with Crippen molar-refractivity contribution in [2.75, 3.05) is 7.05 Å². The molecule has 0 spiro atoms. The van der Waals surface area contributed by atoms with Gasteiger partial charge in [0, 0.05) is 12.6 Å². The third kappa shape index (κ3) is 3.84. The Kier molecular flexibility index (Phi) is 6.41. The smallest absolute Gasteiger partial charge is 0.0625 e. The molecule has 3 heteroatoms. The van der Waals surface area contributed by atoms with Crippen LogP contribution in [0.2, 0.25) is 0 Å². The molecular formula is C15H29N3. The Balaban J connectivity index is 2.83. The number of hydrogen-bond donors (Lipinski definition) is 1. The summed E-state index contributed by atoms with van der Waals surface area (Å²) in [6, 6.07) is 2.70. The topological polar surface area (TPSA) is 29.9 Å². The average molecular weight is 251 g/mol. The van der Waals surface area contributed by atoms with E-state index < -0.39 is 0 Å². The van der Waals surface area contributed by atoms with Crippen molar-refractivity contribution in [3.05, 3.63) is 17.5 Å². The van der Waals surface area contributed by atoms with Gasteiger partial charge in [-0.15, -0.1) is 0 Å². The maximum atomic E-state index is 4.65. The fraction of sp³-hybridized carbons (Fsp3) is 0.800. The van der Waals surface area contributed by atoms with E-state index >= 15 is 0 Å². The van der Waals surface area contributed by atoms with Crippen molar-refractivity contribution in [3.63, 3.8) is 0 Å². The van der Waals surface area contributed by atoms with Gasteiger partial charge in [0.05, 0.1) is 11.4 Å². The molecule has 104 valence electrons. The molecular weight excluding hydrogens is 222 g/mol. The van der Waals surface area contributed by atoms with Crippen LogP contribution in [0.25, 0.3) is 0 Å². The van der Waals surface area contributed by atoms with Crippen LogP contribution in [0.1, 0.15) is 64.4 Å². The summed E-state index contributed by atoms with van der Waals surface area (Å²) in [5, 5.41) is 8.10. The molecule has 3 nitrogen and oxygen atoms in total. The number of aromatic nitrogens is 2. The minimum Gasteiger partial charge on any atom is -0.312 e. The van der Waals surface area contributed by atoms with Crippen LogP contribution >= 0.6 is 0 Å². The Bertz CT molecular complexity index is 344. The van der Waals surface area contributed by atoms with E-state index in [4.69, 9.17) is 0 Å². The van der Waals surface area contributed by atoms with Gasteiger partial charge in [0.15, 0.2) is 0 Å². The second-order valence-corrected chi connectivity index (χ2v) is 5.20. The molecule has 0 bridgehead atoms. The van der Waals surface area contributed by atoms with Gasteiger partial charge >= 0.3 is 0 Å². The Morgan fingerprint density at radius 1 is 1.33 bits per heavy atom. The predicted molar refractivity (Wildman–Crippen MR) is 77.8 cm³/mol. The molecule has 2 unspecified atom stereocenters. The van der Waals surface area contributed by atoms with E-state index in [0.717, 1.165) is 18.9 Å². The monoisotopic (exact) mass is 251 g/mol. The van der Waals surface area contributed by atoms with E-state index in [1.54, 1.807) is 0 Å². The van der Waals surface area contributed by atoms with Crippen LogP contribution in [-0.4, -0.2) is 16.8 Å². The fourth-order valence-electron chi connectivity index (χ4n) is 2.59. The Labute approximate surface area is 112 Å². The van der Waals surface area contributed by atoms with Crippen molar-refractivity contribution < 1.29 is 0 Å². The summed E-state index contributed by atoms with van der Waals surface area (Å²) in [5.41, 5.74) is 2.55. The van der Waals surface area contributed by atoms with Gasteiger partial charge in [-0.05, 0) is 38.8 Å². The summed E-state index contributed by atoms with van der Waals surface area (Å²) in [4.78, 5) is 0. The van der Waals surface area contributed by atoms with Crippen molar-refractivity contribution in [2.45, 2.75) is 66.0 Å². The summed E-state index contributed by atoms with van der Waals surface area (Å²) in [6.07, 6.45) is 4.78. The second-order valence-electron chi connectivity index (χ2n) is 5.20. The van der Waals surface area contributed by atoms with Crippen LogP contribution in [0.5, 0.6) is 0 Å². The van der Waals surface area contributed by atoms with Crippen LogP contribution in [0.15, 0.2) is 6.07 Å². The van der Waals surface area contributed by atoms with Gasteiger partial charge in [-0.25, -0.2) is 0 Å². The summed E-state index contributed by atoms with van der Waals surface area (Å²) in [5.74, 6) is 0.762. The number of hydrogen-bond acceptors (Lipinski definition) is 2. The zero-order valence-corrected chi connectivity index (χ0v) is 12.7. The van der Waals surface area contributed by atoms with E-state index in [9.17, 15) is 0 Å². The highest BCUT2D eigenvalue weighted by molar-refractivity contribution is 5.14. The van der Waals surface area contributed by atoms with Gasteiger partial charge < -0.3 is 5.32 Å². The minimum absolute atomic E-state index is 0.430. The lowest BCUT2D eigenvalue weighted by molar-refractivity contribution is 0.388. The van der Waals surface area contributed by atoms with Crippen molar-refractivity contribution >= 4 is 0 Å². The van der Waals surface area contributed by atoms with Crippen molar-refractivity contribution in [1.29, 1.82) is 0 Å². The fourth-order valence-corrected chi connectivity index (χ4v) is 2.59. The lowest BCUT2D eigenvalue weighted by Gasteiger charge is -2.21. The largest absolute Gasteiger partial charge is 0.312 e. The van der Waals surface area contributed by atoms with E-state index in [-0.39, 0.29) is 0 Å². The second kappa shape index (κ2) is 7.57. The molecule has 1 N–H and O–H groups in total. The van der Waals surface area contributed by atoms with Crippen molar-refractivity contribution in [1.82, 2.24) is 15.1 Å². The molecule has 18 heavy (non-hydrogen) atoms. The van der Waals surface area contributed by atoms with Crippen LogP contribution < -0.4 is 5.32 Å². The van der Waals surface area contributed by atoms with Crippen LogP contribution in [0, 0.1) is 5.92 Å². The molecule has 1 aromatic rings. The summed E-state index contributed by atoms with van der Waals surface area (Å²) in [6.45, 7) is 9.89. The molecule has 2 atom stereocenters. The first-order valence-electron chi connectivity index (χ1n) is 7.40. The quantitative estimate of drug-likeness (QED) is 0.765. The molecule has 0 saturated heterocycles. The molecule has 0 aliphatic rings. The standard InChI is InChI=1S/C15H29N3/c1-6-9-12(4)10-14(16-5)15-11-13(7-2)17-18(15)8-3/h11-12,14,16H,6-10H2,1-5H3. The zero-order chi connectivity index (χ0) is 13.5. The number of aryl methyl sites for hydroxylation is 2. The Morgan fingerprint density at radius 2 is 2.06 bits per heavy atom. The highest BCUT2D eigenvalue weighted by Gasteiger charge is 2.18. The van der Waals surface area contributed by atoms with Crippen LogP contribution in [0.4, 0.5) is 0 Å². The SMILES string of the molecule is CCCC(C)CC(NC)c1cc(CC)nn1CC. The average Bonchev–Trinajstić information content (AvgIpc) is 2.79. The molecule has 0 amide bonds. The third-order valence-corrected chi connectivity index (χ3v) is 3.65. The van der Waals surface area contributed by atoms with Crippen molar-refractivity contribution in [3.8, 4) is 0 Å². The summed E-state index contributed by atoms with van der Waals surface area (Å²) < 4.78 is 2.15. The maximum absolute atomic E-state index is 4.65. The van der Waals surface area contributed by atoms with Gasteiger partial charge in [0.1, 0.15) is 0 Å². The summed E-state index contributed by atoms with van der Waals surface area (Å²) in [7, 11) is 2.06. The molecule has 0 aromatic carbocycles. The maximum Gasteiger partial charge on any atom is 0.0625 e. The lowest BCUT2D eigenvalue weighted by atomic mass is 9.95. The van der Waals surface area contributed by atoms with E-state index in [1.165, 1.54) is 30.7 Å². The van der Waals surface area contributed by atoms with Gasteiger partial charge in [-0.2, -0.15) is 5.10 Å². The Hall–Kier alpha value is -0.830. The highest BCUT2D eigenvalue weighted by Crippen LogP contribution is 2.24. The minimum atomic E-state index is 0.430. The number of nitrogens with zero attached hydrogens (tertiary/aromatic N) is 2. The lowest BCUT2D eigenvalue weighted by Crippen LogP contribution is -2.22. The molecule has 1 heterocycles. The highest BCUT2D eigenvalue weighted by atomic mass is 15.3. The van der Waals surface area contributed by atoms with Crippen LogP contribution in [-0.2, 0) is 13.0 Å². The third-order valence-electron chi connectivity index (χ3n) is 3.65. The van der Waals surface area contributed by atoms with E-state index in [1.807, 2.05) is 0 Å². The molecule has 1 aromatic heterocycles. The van der Waals surface area contributed by atoms with Crippen LogP contribution in [0.3, 0.4) is 0 Å². The van der Waals surface area contributed by atoms with Gasteiger partial charge in [-0.3, -0.25) is 4.68 Å². The first-order chi connectivity index (χ1) is 8.65. The predicted octanol–water partition coefficient (Wildman–Crippen LogP) is 3.55. The van der Waals surface area contributed by atoms with Gasteiger partial charge in [0.2, 0.25) is 0 Å². The molecule has 0 aliphatic carbocycles. The molecule has 0 radical (unpaired) electrons. The Morgan fingerprint density at radius 3 is 2.56 bits per heavy atom. The zero-order valence-electron chi connectivity index (χ0n) is 12.7.